The van der Waals surface area contributed by atoms with Crippen molar-refractivity contribution in [2.45, 2.75) is 61.3 Å². The molecule has 2 aromatic carbocycles. The van der Waals surface area contributed by atoms with E-state index in [-0.39, 0.29) is 43.8 Å². The van der Waals surface area contributed by atoms with Gasteiger partial charge in [0.15, 0.2) is 12.4 Å². The fraction of sp³-hybridized carbons (Fsp3) is 0.464. The first-order valence-corrected chi connectivity index (χ1v) is 14.1. The van der Waals surface area contributed by atoms with Crippen molar-refractivity contribution in [2.75, 3.05) is 6.61 Å². The average Bonchev–Trinajstić information content (AvgIpc) is 2.85. The van der Waals surface area contributed by atoms with Crippen LogP contribution in [0.25, 0.3) is 0 Å². The quantitative estimate of drug-likeness (QED) is 0.524. The molecular formula is C28H29NO6S. The number of hydrogen-bond donors (Lipinski definition) is 1. The van der Waals surface area contributed by atoms with Gasteiger partial charge >= 0.3 is 5.97 Å². The average molecular weight is 508 g/mol. The van der Waals surface area contributed by atoms with Crippen LogP contribution in [0.3, 0.4) is 0 Å². The van der Waals surface area contributed by atoms with Crippen molar-refractivity contribution in [3.63, 3.8) is 0 Å². The summed E-state index contributed by atoms with van der Waals surface area (Å²) in [4.78, 5) is 37.9. The number of benzene rings is 2. The van der Waals surface area contributed by atoms with Gasteiger partial charge < -0.3 is 10.1 Å². The van der Waals surface area contributed by atoms with Crippen molar-refractivity contribution < 1.29 is 27.5 Å². The molecule has 8 heteroatoms. The zero-order valence-electron chi connectivity index (χ0n) is 20.2. The van der Waals surface area contributed by atoms with E-state index in [1.807, 2.05) is 0 Å². The minimum Gasteiger partial charge on any atom is -0.452 e. The molecule has 0 spiro atoms. The Bertz CT molecular complexity index is 1360. The van der Waals surface area contributed by atoms with Gasteiger partial charge in [0.2, 0.25) is 9.84 Å². The van der Waals surface area contributed by atoms with Crippen molar-refractivity contribution in [3.05, 3.63) is 59.2 Å². The van der Waals surface area contributed by atoms with E-state index in [1.54, 1.807) is 12.1 Å². The number of sulfone groups is 1. The van der Waals surface area contributed by atoms with Crippen molar-refractivity contribution in [3.8, 4) is 0 Å². The van der Waals surface area contributed by atoms with E-state index in [4.69, 9.17) is 4.74 Å². The van der Waals surface area contributed by atoms with Crippen LogP contribution in [0.5, 0.6) is 0 Å². The summed E-state index contributed by atoms with van der Waals surface area (Å²) in [5.74, 6) is 0.735. The Kier molecular flexibility index (Phi) is 5.37. The summed E-state index contributed by atoms with van der Waals surface area (Å²) in [5, 5.41) is 3.07. The molecule has 0 aromatic heterocycles. The number of hydrogen-bond acceptors (Lipinski definition) is 6. The maximum absolute atomic E-state index is 13.1. The van der Waals surface area contributed by atoms with E-state index in [2.05, 4.69) is 12.2 Å². The van der Waals surface area contributed by atoms with Crippen LogP contribution in [0.1, 0.15) is 71.7 Å². The lowest BCUT2D eigenvalue weighted by Gasteiger charge is -2.59. The van der Waals surface area contributed by atoms with Gasteiger partial charge in [-0.15, -0.1) is 0 Å². The summed E-state index contributed by atoms with van der Waals surface area (Å²) < 4.78 is 31.4. The first-order chi connectivity index (χ1) is 17.2. The normalized spacial score (nSPS) is 29.7. The Morgan fingerprint density at radius 3 is 2.25 bits per heavy atom. The van der Waals surface area contributed by atoms with Crippen LogP contribution in [0.2, 0.25) is 0 Å². The van der Waals surface area contributed by atoms with Crippen LogP contribution >= 0.6 is 0 Å². The lowest BCUT2D eigenvalue weighted by Crippen LogP contribution is -2.56. The van der Waals surface area contributed by atoms with E-state index < -0.39 is 28.2 Å². The minimum atomic E-state index is -3.97. The highest BCUT2D eigenvalue weighted by molar-refractivity contribution is 7.91. The lowest BCUT2D eigenvalue weighted by molar-refractivity contribution is -0.128. The molecule has 0 radical (unpaired) electrons. The second-order valence-electron chi connectivity index (χ2n) is 11.2. The topological polar surface area (TPSA) is 107 Å². The van der Waals surface area contributed by atoms with Gasteiger partial charge in [0.05, 0.1) is 15.4 Å². The third kappa shape index (κ3) is 3.69. The van der Waals surface area contributed by atoms with Crippen LogP contribution in [-0.4, -0.2) is 38.7 Å². The molecule has 4 aliphatic carbocycles. The summed E-state index contributed by atoms with van der Waals surface area (Å²) in [5.41, 5.74) is 0.258. The number of ether oxygens (including phenoxy) is 1. The summed E-state index contributed by atoms with van der Waals surface area (Å²) in [6.45, 7) is 1.62. The van der Waals surface area contributed by atoms with E-state index in [9.17, 15) is 22.8 Å². The number of esters is 1. The highest BCUT2D eigenvalue weighted by atomic mass is 32.2. The van der Waals surface area contributed by atoms with E-state index in [0.29, 0.717) is 0 Å². The smallest absolute Gasteiger partial charge is 0.338 e. The molecule has 5 aliphatic rings. The summed E-state index contributed by atoms with van der Waals surface area (Å²) >= 11 is 0. The molecule has 1 heterocycles. The number of rotatable bonds is 5. The summed E-state index contributed by atoms with van der Waals surface area (Å²) in [6, 6.07) is 9.88. The zero-order chi connectivity index (χ0) is 25.2. The van der Waals surface area contributed by atoms with E-state index in [0.717, 1.165) is 43.1 Å². The fourth-order valence-electron chi connectivity index (χ4n) is 7.57. The second kappa shape index (κ2) is 8.26. The third-order valence-electron chi connectivity index (χ3n) is 8.89. The molecule has 7 nitrogen and oxygen atoms in total. The third-order valence-corrected chi connectivity index (χ3v) is 10.7. The van der Waals surface area contributed by atoms with Crippen LogP contribution in [0, 0.1) is 23.2 Å². The molecule has 0 saturated heterocycles. The molecule has 2 aromatic rings. The number of fused-ring (bicyclic) bond motifs is 2. The van der Waals surface area contributed by atoms with Gasteiger partial charge in [0, 0.05) is 17.2 Å². The fourth-order valence-corrected chi connectivity index (χ4v) is 9.25. The molecule has 4 saturated carbocycles. The largest absolute Gasteiger partial charge is 0.452 e. The molecular weight excluding hydrogens is 478 g/mol. The van der Waals surface area contributed by atoms with Crippen molar-refractivity contribution in [2.24, 2.45) is 23.2 Å². The van der Waals surface area contributed by atoms with Crippen LogP contribution < -0.4 is 5.32 Å². The molecule has 36 heavy (non-hydrogen) atoms. The second-order valence-corrected chi connectivity index (χ2v) is 13.1. The SMILES string of the molecule is C[C@@H](NC(=O)COC(=O)c1ccc2c(c1)S(=O)(=O)c1ccccc1C2=O)C12CC3CC(CC(C3)C1)C2. The monoisotopic (exact) mass is 507 g/mol. The Labute approximate surface area is 210 Å². The van der Waals surface area contributed by atoms with Gasteiger partial charge in [-0.1, -0.05) is 12.1 Å². The van der Waals surface area contributed by atoms with Crippen molar-refractivity contribution in [1.29, 1.82) is 0 Å². The van der Waals surface area contributed by atoms with Crippen LogP contribution in [0.4, 0.5) is 0 Å². The van der Waals surface area contributed by atoms with Crippen molar-refractivity contribution >= 4 is 27.5 Å². The van der Waals surface area contributed by atoms with Crippen molar-refractivity contribution in [1.82, 2.24) is 5.32 Å². The van der Waals surface area contributed by atoms with Crippen LogP contribution in [0.15, 0.2) is 52.3 Å². The molecule has 1 aliphatic heterocycles. The molecule has 0 unspecified atom stereocenters. The zero-order valence-corrected chi connectivity index (χ0v) is 21.0. The molecule has 1 amide bonds. The van der Waals surface area contributed by atoms with Gasteiger partial charge in [-0.3, -0.25) is 9.59 Å². The van der Waals surface area contributed by atoms with Crippen LogP contribution in [-0.2, 0) is 19.4 Å². The number of carbonyl (C=O) groups excluding carboxylic acids is 3. The number of ketones is 1. The Balaban J connectivity index is 1.13. The van der Waals surface area contributed by atoms with E-state index >= 15 is 0 Å². The minimum absolute atomic E-state index is 0.0112. The molecule has 4 fully saturated rings. The van der Waals surface area contributed by atoms with Gasteiger partial charge in [-0.2, -0.15) is 0 Å². The first kappa shape index (κ1) is 23.4. The van der Waals surface area contributed by atoms with Gasteiger partial charge in [-0.05, 0) is 98.9 Å². The molecule has 188 valence electrons. The Hall–Kier alpha value is -3.00. The molecule has 1 N–H and O–H groups in total. The first-order valence-electron chi connectivity index (χ1n) is 12.7. The molecule has 7 rings (SSSR count). The maximum atomic E-state index is 13.1. The van der Waals surface area contributed by atoms with Gasteiger partial charge in [0.1, 0.15) is 0 Å². The highest BCUT2D eigenvalue weighted by Crippen LogP contribution is 2.61. The Morgan fingerprint density at radius 2 is 1.58 bits per heavy atom. The predicted octanol–water partition coefficient (Wildman–Crippen LogP) is 3.94. The lowest BCUT2D eigenvalue weighted by atomic mass is 9.48. The van der Waals surface area contributed by atoms with E-state index in [1.165, 1.54) is 43.5 Å². The number of nitrogens with one attached hydrogen (secondary N) is 1. The highest BCUT2D eigenvalue weighted by Gasteiger charge is 2.53. The van der Waals surface area contributed by atoms with Gasteiger partial charge in [0.25, 0.3) is 5.91 Å². The molecule has 1 atom stereocenters. The standard InChI is InChI=1S/C28H29NO6S/c1-16(28-12-17-8-18(13-28)10-19(9-17)14-28)29-25(30)15-35-27(32)20-6-7-22-24(11-20)36(33,34)23-5-3-2-4-21(23)26(22)31/h2-7,11,16-19H,8-10,12-15H2,1H3,(H,29,30)/t16-,17?,18?,19?,28?/m1/s1. The maximum Gasteiger partial charge on any atom is 0.338 e. The predicted molar refractivity (Wildman–Crippen MR) is 130 cm³/mol. The number of amides is 1. The van der Waals surface area contributed by atoms with Gasteiger partial charge in [-0.25, -0.2) is 13.2 Å². The Morgan fingerprint density at radius 1 is 0.972 bits per heavy atom. The summed E-state index contributed by atoms with van der Waals surface area (Å²) in [7, 11) is -3.97. The molecule has 4 bridgehead atoms. The number of carbonyl (C=O) groups is 3. The summed E-state index contributed by atoms with van der Waals surface area (Å²) in [6.07, 6.45) is 7.45.